The molecule has 0 saturated heterocycles. The minimum atomic E-state index is -5.09. The van der Waals surface area contributed by atoms with E-state index in [1.807, 2.05) is 12.1 Å². The van der Waals surface area contributed by atoms with Crippen LogP contribution in [0, 0.1) is 0 Å². The van der Waals surface area contributed by atoms with E-state index in [0.717, 1.165) is 10.9 Å². The van der Waals surface area contributed by atoms with E-state index in [0.29, 0.717) is 24.2 Å². The van der Waals surface area contributed by atoms with E-state index in [1.54, 1.807) is 30.8 Å². The van der Waals surface area contributed by atoms with Gasteiger partial charge in [0.25, 0.3) is 0 Å². The smallest absolute Gasteiger partial charge is 0.434 e. The number of amides is 1. The number of esters is 1. The van der Waals surface area contributed by atoms with Gasteiger partial charge in [0.05, 0.1) is 5.69 Å². The van der Waals surface area contributed by atoms with Gasteiger partial charge in [-0.25, -0.2) is 4.79 Å². The molecule has 0 spiro atoms. The van der Waals surface area contributed by atoms with Crippen LogP contribution >= 0.6 is 0 Å². The molecule has 0 aliphatic carbocycles. The van der Waals surface area contributed by atoms with Crippen LogP contribution in [-0.2, 0) is 27.3 Å². The van der Waals surface area contributed by atoms with E-state index in [4.69, 9.17) is 0 Å². The van der Waals surface area contributed by atoms with Crippen LogP contribution < -0.4 is 5.32 Å². The normalized spacial score (nSPS) is 17.0. The van der Waals surface area contributed by atoms with E-state index in [-0.39, 0.29) is 12.5 Å². The monoisotopic (exact) mass is 369 g/mol. The summed E-state index contributed by atoms with van der Waals surface area (Å²) in [5.74, 6) is -2.49. The SMILES string of the molecule is CN(C)C(=O)Cn1c2c(c3ccccc31)CCNC2OC(=O)C(F)(F)F. The molecule has 1 aromatic heterocycles. The highest BCUT2D eigenvalue weighted by Gasteiger charge is 2.44. The number of alkyl halides is 3. The number of hydrogen-bond donors (Lipinski definition) is 1. The van der Waals surface area contributed by atoms with Crippen molar-refractivity contribution in [1.82, 2.24) is 14.8 Å². The molecule has 1 aliphatic rings. The Labute approximate surface area is 147 Å². The maximum Gasteiger partial charge on any atom is 0.490 e. The summed E-state index contributed by atoms with van der Waals surface area (Å²) >= 11 is 0. The average Bonchev–Trinajstić information content (AvgIpc) is 2.89. The molecule has 1 unspecified atom stereocenters. The summed E-state index contributed by atoms with van der Waals surface area (Å²) < 4.78 is 44.2. The predicted molar refractivity (Wildman–Crippen MR) is 87.2 cm³/mol. The molecule has 0 fully saturated rings. The molecule has 26 heavy (non-hydrogen) atoms. The zero-order valence-corrected chi connectivity index (χ0v) is 14.3. The second-order valence-corrected chi connectivity index (χ2v) is 6.24. The largest absolute Gasteiger partial charge is 0.490 e. The summed E-state index contributed by atoms with van der Waals surface area (Å²) in [4.78, 5) is 24.9. The molecule has 140 valence electrons. The third-order valence-corrected chi connectivity index (χ3v) is 4.32. The zero-order chi connectivity index (χ0) is 19.1. The number of benzene rings is 1. The van der Waals surface area contributed by atoms with Crippen molar-refractivity contribution in [2.24, 2.45) is 0 Å². The highest BCUT2D eigenvalue weighted by atomic mass is 19.4. The summed E-state index contributed by atoms with van der Waals surface area (Å²) in [5, 5.41) is 3.63. The highest BCUT2D eigenvalue weighted by Crippen LogP contribution is 2.35. The topological polar surface area (TPSA) is 63.6 Å². The Morgan fingerprint density at radius 3 is 2.65 bits per heavy atom. The van der Waals surface area contributed by atoms with Gasteiger partial charge in [-0.2, -0.15) is 13.2 Å². The number of para-hydroxylation sites is 1. The molecule has 1 aliphatic heterocycles. The molecule has 9 heteroatoms. The third kappa shape index (κ3) is 3.26. The molecule has 6 nitrogen and oxygen atoms in total. The fraction of sp³-hybridized carbons (Fsp3) is 0.412. The van der Waals surface area contributed by atoms with Gasteiger partial charge in [0.2, 0.25) is 5.91 Å². The van der Waals surface area contributed by atoms with E-state index in [2.05, 4.69) is 10.1 Å². The number of nitrogens with one attached hydrogen (secondary N) is 1. The van der Waals surface area contributed by atoms with Crippen LogP contribution in [0.1, 0.15) is 17.5 Å². The summed E-state index contributed by atoms with van der Waals surface area (Å²) in [5.41, 5.74) is 1.88. The van der Waals surface area contributed by atoms with E-state index in [9.17, 15) is 22.8 Å². The quantitative estimate of drug-likeness (QED) is 0.841. The van der Waals surface area contributed by atoms with Crippen LogP contribution in [0.25, 0.3) is 10.9 Å². The molecular formula is C17H18F3N3O3. The van der Waals surface area contributed by atoms with Crippen LogP contribution in [0.5, 0.6) is 0 Å². The van der Waals surface area contributed by atoms with Gasteiger partial charge in [0, 0.05) is 31.5 Å². The van der Waals surface area contributed by atoms with Crippen molar-refractivity contribution in [3.05, 3.63) is 35.5 Å². The first-order valence-corrected chi connectivity index (χ1v) is 8.01. The molecule has 1 N–H and O–H groups in total. The minimum Gasteiger partial charge on any atom is -0.434 e. The van der Waals surface area contributed by atoms with Gasteiger partial charge < -0.3 is 14.2 Å². The van der Waals surface area contributed by atoms with Crippen molar-refractivity contribution >= 4 is 22.8 Å². The molecule has 2 aromatic rings. The Morgan fingerprint density at radius 1 is 1.31 bits per heavy atom. The first kappa shape index (κ1) is 18.2. The van der Waals surface area contributed by atoms with Gasteiger partial charge in [-0.3, -0.25) is 10.1 Å². The fourth-order valence-electron chi connectivity index (χ4n) is 3.10. The van der Waals surface area contributed by atoms with Crippen molar-refractivity contribution in [3.8, 4) is 0 Å². The number of rotatable bonds is 3. The third-order valence-electron chi connectivity index (χ3n) is 4.32. The molecule has 0 bridgehead atoms. The lowest BCUT2D eigenvalue weighted by atomic mass is 10.0. The maximum absolute atomic E-state index is 12.6. The van der Waals surface area contributed by atoms with Crippen molar-refractivity contribution in [2.45, 2.75) is 25.4 Å². The number of aromatic nitrogens is 1. The molecule has 2 heterocycles. The second kappa shape index (κ2) is 6.64. The number of carbonyl (C=O) groups excluding carboxylic acids is 2. The van der Waals surface area contributed by atoms with Crippen molar-refractivity contribution in [3.63, 3.8) is 0 Å². The molecule has 0 saturated carbocycles. The molecule has 1 atom stereocenters. The van der Waals surface area contributed by atoms with Gasteiger partial charge in [-0.1, -0.05) is 18.2 Å². The summed E-state index contributed by atoms with van der Waals surface area (Å²) in [6.45, 7) is 0.295. The maximum atomic E-state index is 12.6. The Balaban J connectivity index is 2.09. The summed E-state index contributed by atoms with van der Waals surface area (Å²) in [7, 11) is 3.19. The Hall–Kier alpha value is -2.55. The predicted octanol–water partition coefficient (Wildman–Crippen LogP) is 1.98. The number of hydrogen-bond acceptors (Lipinski definition) is 4. The van der Waals surface area contributed by atoms with E-state index < -0.39 is 18.4 Å². The number of likely N-dealkylation sites (N-methyl/N-ethyl adjacent to an activating group) is 1. The lowest BCUT2D eigenvalue weighted by molar-refractivity contribution is -0.207. The van der Waals surface area contributed by atoms with Gasteiger partial charge in [-0.15, -0.1) is 0 Å². The van der Waals surface area contributed by atoms with Crippen LogP contribution in [0.4, 0.5) is 13.2 Å². The van der Waals surface area contributed by atoms with Crippen molar-refractivity contribution < 1.29 is 27.5 Å². The summed E-state index contributed by atoms with van der Waals surface area (Å²) in [6.07, 6.45) is -5.80. The first-order chi connectivity index (χ1) is 12.2. The van der Waals surface area contributed by atoms with Crippen molar-refractivity contribution in [1.29, 1.82) is 0 Å². The highest BCUT2D eigenvalue weighted by molar-refractivity contribution is 5.88. The lowest BCUT2D eigenvalue weighted by Gasteiger charge is -2.27. The van der Waals surface area contributed by atoms with E-state index in [1.165, 1.54) is 4.90 Å². The average molecular weight is 369 g/mol. The number of carbonyl (C=O) groups is 2. The van der Waals surface area contributed by atoms with Gasteiger partial charge >= 0.3 is 12.1 Å². The minimum absolute atomic E-state index is 0.0649. The molecule has 1 aromatic carbocycles. The lowest BCUT2D eigenvalue weighted by Crippen LogP contribution is -2.38. The van der Waals surface area contributed by atoms with Crippen molar-refractivity contribution in [2.75, 3.05) is 20.6 Å². The molecular weight excluding hydrogens is 351 g/mol. The molecule has 3 rings (SSSR count). The number of halogens is 3. The first-order valence-electron chi connectivity index (χ1n) is 8.01. The van der Waals surface area contributed by atoms with E-state index >= 15 is 0 Å². The molecule has 1 amide bonds. The number of ether oxygens (including phenoxy) is 1. The Morgan fingerprint density at radius 2 is 2.00 bits per heavy atom. The number of nitrogens with zero attached hydrogens (tertiary/aromatic N) is 2. The van der Waals surface area contributed by atoms with Crippen LogP contribution in [0.3, 0.4) is 0 Å². The van der Waals surface area contributed by atoms with Crippen LogP contribution in [0.15, 0.2) is 24.3 Å². The van der Waals surface area contributed by atoms with Gasteiger partial charge in [0.15, 0.2) is 6.23 Å². The van der Waals surface area contributed by atoms with Crippen LogP contribution in [0.2, 0.25) is 0 Å². The van der Waals surface area contributed by atoms with Crippen LogP contribution in [-0.4, -0.2) is 48.2 Å². The summed E-state index contributed by atoms with van der Waals surface area (Å²) in [6, 6.07) is 7.24. The Bertz CT molecular complexity index is 858. The zero-order valence-electron chi connectivity index (χ0n) is 14.3. The van der Waals surface area contributed by atoms with Gasteiger partial charge in [0.1, 0.15) is 6.54 Å². The van der Waals surface area contributed by atoms with Gasteiger partial charge in [-0.05, 0) is 18.1 Å². The Kier molecular flexibility index (Phi) is 4.66. The standard InChI is InChI=1S/C17H18F3N3O3/c1-22(2)13(24)9-23-12-6-4-3-5-10(12)11-7-8-21-15(14(11)23)26-16(25)17(18,19)20/h3-6,15,21H,7-9H2,1-2H3. The molecule has 0 radical (unpaired) electrons. The fourth-order valence-corrected chi connectivity index (χ4v) is 3.10. The number of fused-ring (bicyclic) bond motifs is 3. The second-order valence-electron chi connectivity index (χ2n) is 6.24.